The minimum absolute atomic E-state index is 0.0615. The number of benzene rings is 2. The number of carboxylic acids is 1. The van der Waals surface area contributed by atoms with Gasteiger partial charge in [-0.15, -0.1) is 0 Å². The number of rotatable bonds is 9. The molecule has 29 heavy (non-hydrogen) atoms. The van der Waals surface area contributed by atoms with Crippen LogP contribution in [0.4, 0.5) is 10.1 Å². The fourth-order valence-corrected chi connectivity index (χ4v) is 3.73. The molecule has 1 saturated heterocycles. The summed E-state index contributed by atoms with van der Waals surface area (Å²) in [6.07, 6.45) is 1.05. The Kier molecular flexibility index (Phi) is 7.19. The monoisotopic (exact) mass is 402 g/mol. The van der Waals surface area contributed by atoms with Gasteiger partial charge in [0.15, 0.2) is 0 Å². The minimum atomic E-state index is -1.14. The van der Waals surface area contributed by atoms with Crippen molar-refractivity contribution in [2.45, 2.75) is 18.6 Å². The third kappa shape index (κ3) is 5.32. The van der Waals surface area contributed by atoms with E-state index in [1.54, 1.807) is 7.11 Å². The number of likely N-dealkylation sites (tertiary alicyclic amines) is 1. The summed E-state index contributed by atoms with van der Waals surface area (Å²) in [5, 5.41) is 9.09. The van der Waals surface area contributed by atoms with Crippen molar-refractivity contribution in [2.75, 3.05) is 45.5 Å². The first-order chi connectivity index (χ1) is 14.0. The van der Waals surface area contributed by atoms with Crippen LogP contribution in [0.1, 0.15) is 28.4 Å². The van der Waals surface area contributed by atoms with Crippen molar-refractivity contribution in [2.24, 2.45) is 0 Å². The van der Waals surface area contributed by atoms with Crippen molar-refractivity contribution < 1.29 is 23.8 Å². The highest BCUT2D eigenvalue weighted by Gasteiger charge is 2.28. The molecule has 0 bridgehead atoms. The first-order valence-electron chi connectivity index (χ1n) is 9.63. The average Bonchev–Trinajstić information content (AvgIpc) is 3.18. The van der Waals surface area contributed by atoms with Crippen LogP contribution in [-0.2, 0) is 9.47 Å². The Morgan fingerprint density at radius 3 is 2.72 bits per heavy atom. The number of carbonyl (C=O) groups is 1. The number of anilines is 1. The van der Waals surface area contributed by atoms with Gasteiger partial charge in [-0.2, -0.15) is 0 Å². The van der Waals surface area contributed by atoms with Crippen LogP contribution in [0, 0.1) is 5.82 Å². The van der Waals surface area contributed by atoms with Gasteiger partial charge in [-0.05, 0) is 30.2 Å². The highest BCUT2D eigenvalue weighted by molar-refractivity contribution is 5.88. The van der Waals surface area contributed by atoms with Gasteiger partial charge in [0.1, 0.15) is 12.6 Å². The summed E-state index contributed by atoms with van der Waals surface area (Å²) < 4.78 is 25.4. The Hall–Kier alpha value is -2.48. The van der Waals surface area contributed by atoms with E-state index in [-0.39, 0.29) is 24.5 Å². The lowest BCUT2D eigenvalue weighted by atomic mass is 10.0. The van der Waals surface area contributed by atoms with Crippen LogP contribution in [0.2, 0.25) is 0 Å². The predicted octanol–water partition coefficient (Wildman–Crippen LogP) is 3.40. The van der Waals surface area contributed by atoms with Gasteiger partial charge in [-0.1, -0.05) is 30.3 Å². The number of ether oxygens (including phenoxy) is 2. The molecule has 156 valence electrons. The molecule has 0 radical (unpaired) electrons. The zero-order chi connectivity index (χ0) is 20.8. The zero-order valence-corrected chi connectivity index (χ0v) is 16.8. The molecule has 0 aromatic heterocycles. The number of likely N-dealkylation sites (N-methyl/N-ethyl adjacent to an activating group) is 1. The topological polar surface area (TPSA) is 62.2 Å². The summed E-state index contributed by atoms with van der Waals surface area (Å²) in [6, 6.07) is 13.9. The SMILES string of the molecule is COCO[C@H]1CCN(C[C@H](c2ccccc2)N(C)c2ccc(C(=O)O)cc2F)C1. The largest absolute Gasteiger partial charge is 0.478 e. The van der Waals surface area contributed by atoms with Gasteiger partial charge in [-0.25, -0.2) is 9.18 Å². The Bertz CT molecular complexity index is 818. The molecule has 0 amide bonds. The molecule has 1 N–H and O–H groups in total. The molecule has 0 saturated carbocycles. The summed E-state index contributed by atoms with van der Waals surface area (Å²) in [5.41, 5.74) is 1.38. The van der Waals surface area contributed by atoms with Gasteiger partial charge in [0.25, 0.3) is 0 Å². The van der Waals surface area contributed by atoms with E-state index in [9.17, 15) is 9.18 Å². The second-order valence-corrected chi connectivity index (χ2v) is 7.25. The van der Waals surface area contributed by atoms with E-state index in [2.05, 4.69) is 4.90 Å². The van der Waals surface area contributed by atoms with Crippen molar-refractivity contribution in [1.29, 1.82) is 0 Å². The number of carboxylic acid groups (broad SMARTS) is 1. The highest BCUT2D eigenvalue weighted by atomic mass is 19.1. The van der Waals surface area contributed by atoms with Crippen molar-refractivity contribution in [3.8, 4) is 0 Å². The average molecular weight is 402 g/mol. The molecule has 0 unspecified atom stereocenters. The second-order valence-electron chi connectivity index (χ2n) is 7.25. The molecule has 2 aromatic carbocycles. The fraction of sp³-hybridized carbons (Fsp3) is 0.409. The van der Waals surface area contributed by atoms with Crippen LogP contribution in [0.5, 0.6) is 0 Å². The van der Waals surface area contributed by atoms with E-state index in [4.69, 9.17) is 14.6 Å². The maximum absolute atomic E-state index is 14.7. The van der Waals surface area contributed by atoms with Crippen molar-refractivity contribution in [3.05, 3.63) is 65.5 Å². The van der Waals surface area contributed by atoms with Gasteiger partial charge in [-0.3, -0.25) is 4.90 Å². The van der Waals surface area contributed by atoms with Crippen LogP contribution in [-0.4, -0.2) is 62.7 Å². The first kappa shape index (κ1) is 21.2. The van der Waals surface area contributed by atoms with Gasteiger partial charge in [0.05, 0.1) is 23.4 Å². The number of methoxy groups -OCH3 is 1. The highest BCUT2D eigenvalue weighted by Crippen LogP contribution is 2.30. The molecule has 2 aromatic rings. The Morgan fingerprint density at radius 2 is 2.07 bits per heavy atom. The van der Waals surface area contributed by atoms with Gasteiger partial charge in [0.2, 0.25) is 0 Å². The Labute approximate surface area is 170 Å². The summed E-state index contributed by atoms with van der Waals surface area (Å²) in [7, 11) is 3.45. The molecule has 0 aliphatic carbocycles. The normalized spacial score (nSPS) is 18.0. The van der Waals surface area contributed by atoms with Gasteiger partial charge < -0.3 is 19.5 Å². The molecule has 7 heteroatoms. The Morgan fingerprint density at radius 1 is 1.31 bits per heavy atom. The molecule has 1 aliphatic rings. The molecular formula is C22H27FN2O4. The smallest absolute Gasteiger partial charge is 0.335 e. The molecule has 0 spiro atoms. The maximum Gasteiger partial charge on any atom is 0.335 e. The van der Waals surface area contributed by atoms with Crippen LogP contribution < -0.4 is 4.90 Å². The molecular weight excluding hydrogens is 375 g/mol. The second kappa shape index (κ2) is 9.82. The van der Waals surface area contributed by atoms with E-state index in [0.29, 0.717) is 12.2 Å². The number of halogens is 1. The van der Waals surface area contributed by atoms with E-state index in [0.717, 1.165) is 31.1 Å². The molecule has 1 fully saturated rings. The summed E-state index contributed by atoms with van der Waals surface area (Å²) >= 11 is 0. The van der Waals surface area contributed by atoms with E-state index >= 15 is 0 Å². The van der Waals surface area contributed by atoms with Crippen LogP contribution in [0.3, 0.4) is 0 Å². The van der Waals surface area contributed by atoms with Crippen molar-refractivity contribution in [1.82, 2.24) is 4.90 Å². The quantitative estimate of drug-likeness (QED) is 0.649. The number of nitrogens with zero attached hydrogens (tertiary/aromatic N) is 2. The zero-order valence-electron chi connectivity index (χ0n) is 16.8. The molecule has 1 heterocycles. The van der Waals surface area contributed by atoms with Crippen molar-refractivity contribution in [3.63, 3.8) is 0 Å². The lowest BCUT2D eigenvalue weighted by Gasteiger charge is -2.34. The Balaban J connectivity index is 1.80. The number of hydrogen-bond acceptors (Lipinski definition) is 5. The van der Waals surface area contributed by atoms with E-state index in [1.807, 2.05) is 42.3 Å². The van der Waals surface area contributed by atoms with Crippen LogP contribution in [0.15, 0.2) is 48.5 Å². The van der Waals surface area contributed by atoms with Crippen LogP contribution in [0.25, 0.3) is 0 Å². The van der Waals surface area contributed by atoms with E-state index in [1.165, 1.54) is 12.1 Å². The number of aromatic carboxylic acids is 1. The lowest BCUT2D eigenvalue weighted by molar-refractivity contribution is -0.0671. The molecule has 2 atom stereocenters. The predicted molar refractivity (Wildman–Crippen MR) is 109 cm³/mol. The van der Waals surface area contributed by atoms with Crippen LogP contribution >= 0.6 is 0 Å². The molecule has 1 aliphatic heterocycles. The first-order valence-corrected chi connectivity index (χ1v) is 9.63. The summed E-state index contributed by atoms with van der Waals surface area (Å²) in [4.78, 5) is 15.3. The third-order valence-electron chi connectivity index (χ3n) is 5.31. The summed E-state index contributed by atoms with van der Waals surface area (Å²) in [6.45, 7) is 2.67. The maximum atomic E-state index is 14.7. The third-order valence-corrected chi connectivity index (χ3v) is 5.31. The summed E-state index contributed by atoms with van der Waals surface area (Å²) in [5.74, 6) is -1.69. The van der Waals surface area contributed by atoms with E-state index < -0.39 is 11.8 Å². The lowest BCUT2D eigenvalue weighted by Crippen LogP contribution is -2.36. The molecule has 6 nitrogen and oxygen atoms in total. The molecule has 3 rings (SSSR count). The van der Waals surface area contributed by atoms with Gasteiger partial charge in [0, 0.05) is 33.8 Å². The fourth-order valence-electron chi connectivity index (χ4n) is 3.73. The minimum Gasteiger partial charge on any atom is -0.478 e. The van der Waals surface area contributed by atoms with Gasteiger partial charge >= 0.3 is 5.97 Å². The standard InChI is InChI=1S/C22H27FN2O4/c1-24(20-9-8-17(22(26)27)12-19(20)23)21(16-6-4-3-5-7-16)14-25-11-10-18(13-25)29-15-28-2/h3-9,12,18,21H,10-11,13-15H2,1-2H3,(H,26,27)/t18-,21+/m0/s1. The van der Waals surface area contributed by atoms with Crippen molar-refractivity contribution >= 4 is 11.7 Å². The number of hydrogen-bond donors (Lipinski definition) is 1.